The molecule has 7 heteroatoms. The highest BCUT2D eigenvalue weighted by Crippen LogP contribution is 2.32. The molecule has 0 fully saturated rings. The largest absolute Gasteiger partial charge is 0.397 e. The number of nitrogens with two attached hydrogens (primary N) is 1. The SMILES string of the molecule is CCN(CCC#N)C(C)C(=O)Nc1c(N)cc(Cl)cc1Cl. The highest BCUT2D eigenvalue weighted by molar-refractivity contribution is 6.37. The van der Waals surface area contributed by atoms with Gasteiger partial charge in [0, 0.05) is 18.0 Å². The number of likely N-dealkylation sites (N-methyl/N-ethyl adjacent to an activating group) is 1. The van der Waals surface area contributed by atoms with Gasteiger partial charge in [0.2, 0.25) is 5.91 Å². The molecule has 114 valence electrons. The van der Waals surface area contributed by atoms with Gasteiger partial charge in [0.05, 0.1) is 28.5 Å². The average molecular weight is 329 g/mol. The Hall–Kier alpha value is -1.48. The predicted molar refractivity (Wildman–Crippen MR) is 86.4 cm³/mol. The molecule has 1 atom stereocenters. The zero-order chi connectivity index (χ0) is 16.0. The summed E-state index contributed by atoms with van der Waals surface area (Å²) in [6.07, 6.45) is 0.370. The van der Waals surface area contributed by atoms with Crippen molar-refractivity contribution in [2.75, 3.05) is 24.1 Å². The van der Waals surface area contributed by atoms with Crippen molar-refractivity contribution in [2.24, 2.45) is 0 Å². The van der Waals surface area contributed by atoms with Crippen molar-refractivity contribution in [1.29, 1.82) is 5.26 Å². The van der Waals surface area contributed by atoms with Crippen molar-refractivity contribution in [3.05, 3.63) is 22.2 Å². The highest BCUT2D eigenvalue weighted by Gasteiger charge is 2.21. The minimum atomic E-state index is -0.394. The van der Waals surface area contributed by atoms with Crippen LogP contribution in [0.5, 0.6) is 0 Å². The minimum absolute atomic E-state index is 0.231. The van der Waals surface area contributed by atoms with Gasteiger partial charge in [0.15, 0.2) is 0 Å². The van der Waals surface area contributed by atoms with E-state index in [9.17, 15) is 4.79 Å². The van der Waals surface area contributed by atoms with Crippen LogP contribution >= 0.6 is 23.2 Å². The average Bonchev–Trinajstić information content (AvgIpc) is 2.43. The van der Waals surface area contributed by atoms with Crippen LogP contribution in [-0.4, -0.2) is 29.9 Å². The van der Waals surface area contributed by atoms with E-state index >= 15 is 0 Å². The number of nitrogen functional groups attached to an aromatic ring is 1. The van der Waals surface area contributed by atoms with Gasteiger partial charge >= 0.3 is 0 Å². The van der Waals surface area contributed by atoms with Gasteiger partial charge in [-0.15, -0.1) is 0 Å². The van der Waals surface area contributed by atoms with Crippen molar-refractivity contribution in [3.63, 3.8) is 0 Å². The summed E-state index contributed by atoms with van der Waals surface area (Å²) < 4.78 is 0. The van der Waals surface area contributed by atoms with Crippen molar-refractivity contribution in [3.8, 4) is 6.07 Å². The number of hydrogen-bond donors (Lipinski definition) is 2. The number of benzene rings is 1. The summed E-state index contributed by atoms with van der Waals surface area (Å²) in [5.74, 6) is -0.231. The summed E-state index contributed by atoms with van der Waals surface area (Å²) >= 11 is 11.9. The summed E-state index contributed by atoms with van der Waals surface area (Å²) in [6.45, 7) is 4.91. The maximum Gasteiger partial charge on any atom is 0.241 e. The van der Waals surface area contributed by atoms with E-state index in [2.05, 4.69) is 11.4 Å². The maximum absolute atomic E-state index is 12.3. The van der Waals surface area contributed by atoms with E-state index in [1.807, 2.05) is 11.8 Å². The molecule has 1 rings (SSSR count). The lowest BCUT2D eigenvalue weighted by molar-refractivity contribution is -0.120. The monoisotopic (exact) mass is 328 g/mol. The van der Waals surface area contributed by atoms with E-state index in [0.29, 0.717) is 40.9 Å². The van der Waals surface area contributed by atoms with Crippen LogP contribution in [0.1, 0.15) is 20.3 Å². The highest BCUT2D eigenvalue weighted by atomic mass is 35.5. The summed E-state index contributed by atoms with van der Waals surface area (Å²) in [4.78, 5) is 14.2. The molecule has 0 radical (unpaired) electrons. The number of anilines is 2. The Morgan fingerprint density at radius 2 is 2.19 bits per heavy atom. The van der Waals surface area contributed by atoms with Gasteiger partial charge in [-0.3, -0.25) is 9.69 Å². The number of halogens is 2. The number of carbonyl (C=O) groups excluding carboxylic acids is 1. The first kappa shape index (κ1) is 17.6. The number of nitriles is 1. The molecule has 1 aromatic carbocycles. The van der Waals surface area contributed by atoms with E-state index in [1.54, 1.807) is 6.92 Å². The molecule has 21 heavy (non-hydrogen) atoms. The van der Waals surface area contributed by atoms with Gasteiger partial charge in [0.25, 0.3) is 0 Å². The zero-order valence-electron chi connectivity index (χ0n) is 12.0. The molecule has 0 saturated heterocycles. The first-order valence-electron chi connectivity index (χ1n) is 6.57. The van der Waals surface area contributed by atoms with Crippen molar-refractivity contribution in [1.82, 2.24) is 4.90 Å². The predicted octanol–water partition coefficient (Wildman–Crippen LogP) is 3.14. The molecule has 0 saturated carbocycles. The van der Waals surface area contributed by atoms with Crippen molar-refractivity contribution < 1.29 is 4.79 Å². The molecule has 1 unspecified atom stereocenters. The van der Waals surface area contributed by atoms with E-state index < -0.39 is 6.04 Å². The van der Waals surface area contributed by atoms with Crippen LogP contribution in [0.3, 0.4) is 0 Å². The molecule has 0 aliphatic rings. The fourth-order valence-corrected chi connectivity index (χ4v) is 2.49. The van der Waals surface area contributed by atoms with Crippen LogP contribution in [0.15, 0.2) is 12.1 Å². The van der Waals surface area contributed by atoms with Gasteiger partial charge in [-0.05, 0) is 25.6 Å². The second kappa shape index (κ2) is 8.08. The van der Waals surface area contributed by atoms with E-state index in [1.165, 1.54) is 12.1 Å². The smallest absolute Gasteiger partial charge is 0.241 e. The Kier molecular flexibility index (Phi) is 6.76. The molecule has 1 amide bonds. The molecule has 3 N–H and O–H groups in total. The lowest BCUT2D eigenvalue weighted by atomic mass is 10.2. The van der Waals surface area contributed by atoms with E-state index in [4.69, 9.17) is 34.2 Å². The lowest BCUT2D eigenvalue weighted by Crippen LogP contribution is -2.42. The number of amides is 1. The number of carbonyl (C=O) groups is 1. The Bertz CT molecular complexity index is 533. The van der Waals surface area contributed by atoms with Crippen LogP contribution in [0, 0.1) is 11.3 Å². The molecular weight excluding hydrogens is 311 g/mol. The molecule has 0 aliphatic heterocycles. The van der Waals surface area contributed by atoms with Gasteiger partial charge < -0.3 is 11.1 Å². The normalized spacial score (nSPS) is 12.0. The molecule has 0 aliphatic carbocycles. The number of nitrogens with zero attached hydrogens (tertiary/aromatic N) is 2. The third-order valence-electron chi connectivity index (χ3n) is 3.18. The Morgan fingerprint density at radius 3 is 2.71 bits per heavy atom. The third-order valence-corrected chi connectivity index (χ3v) is 3.69. The van der Waals surface area contributed by atoms with Gasteiger partial charge in [-0.2, -0.15) is 5.26 Å². The summed E-state index contributed by atoms with van der Waals surface area (Å²) in [5, 5.41) is 12.1. The van der Waals surface area contributed by atoms with Crippen LogP contribution in [0.4, 0.5) is 11.4 Å². The maximum atomic E-state index is 12.3. The molecule has 0 bridgehead atoms. The Labute approximate surface area is 134 Å². The number of hydrogen-bond acceptors (Lipinski definition) is 4. The third kappa shape index (κ3) is 4.78. The molecule has 5 nitrogen and oxygen atoms in total. The van der Waals surface area contributed by atoms with Crippen molar-refractivity contribution in [2.45, 2.75) is 26.3 Å². The second-order valence-electron chi connectivity index (χ2n) is 4.55. The topological polar surface area (TPSA) is 82.2 Å². The Balaban J connectivity index is 2.83. The second-order valence-corrected chi connectivity index (χ2v) is 5.40. The quantitative estimate of drug-likeness (QED) is 0.786. The van der Waals surface area contributed by atoms with Crippen molar-refractivity contribution >= 4 is 40.5 Å². The van der Waals surface area contributed by atoms with Crippen LogP contribution in [-0.2, 0) is 4.79 Å². The fourth-order valence-electron chi connectivity index (χ4n) is 1.94. The minimum Gasteiger partial charge on any atom is -0.397 e. The molecule has 0 spiro atoms. The molecule has 0 heterocycles. The van der Waals surface area contributed by atoms with Gasteiger partial charge in [0.1, 0.15) is 0 Å². The summed E-state index contributed by atoms with van der Waals surface area (Å²) in [7, 11) is 0. The van der Waals surface area contributed by atoms with E-state index in [-0.39, 0.29) is 5.91 Å². The molecular formula is C14H18Cl2N4O. The molecule has 0 aromatic heterocycles. The van der Waals surface area contributed by atoms with Gasteiger partial charge in [-0.25, -0.2) is 0 Å². The summed E-state index contributed by atoms with van der Waals surface area (Å²) in [6, 6.07) is 4.73. The van der Waals surface area contributed by atoms with E-state index in [0.717, 1.165) is 0 Å². The van der Waals surface area contributed by atoms with Crippen LogP contribution in [0.25, 0.3) is 0 Å². The lowest BCUT2D eigenvalue weighted by Gasteiger charge is -2.26. The number of nitrogens with one attached hydrogen (secondary N) is 1. The summed E-state index contributed by atoms with van der Waals surface area (Å²) in [5.41, 5.74) is 6.49. The molecule has 1 aromatic rings. The van der Waals surface area contributed by atoms with Crippen LogP contribution in [0.2, 0.25) is 10.0 Å². The van der Waals surface area contributed by atoms with Crippen LogP contribution < -0.4 is 11.1 Å². The zero-order valence-corrected chi connectivity index (χ0v) is 13.5. The Morgan fingerprint density at radius 1 is 1.52 bits per heavy atom. The number of rotatable bonds is 6. The standard InChI is InChI=1S/C14H18Cl2N4O/c1-3-20(6-4-5-17)9(2)14(21)19-13-11(16)7-10(15)8-12(13)18/h7-9H,3-4,6,18H2,1-2H3,(H,19,21). The fraction of sp³-hybridized carbons (Fsp3) is 0.429. The first-order chi connectivity index (χ1) is 9.90. The van der Waals surface area contributed by atoms with Gasteiger partial charge in [-0.1, -0.05) is 30.1 Å². The first-order valence-corrected chi connectivity index (χ1v) is 7.32.